The molecule has 0 aromatic carbocycles. The van der Waals surface area contributed by atoms with Gasteiger partial charge in [-0.05, 0) is 58.2 Å². The summed E-state index contributed by atoms with van der Waals surface area (Å²) in [6.07, 6.45) is 4.43. The average Bonchev–Trinajstić information content (AvgIpc) is 2.93. The highest BCUT2D eigenvalue weighted by Gasteiger charge is 2.28. The Morgan fingerprint density at radius 2 is 1.91 bits per heavy atom. The number of likely N-dealkylation sites (tertiary alicyclic amines) is 2. The van der Waals surface area contributed by atoms with Crippen LogP contribution in [0.15, 0.2) is 6.07 Å². The zero-order valence-electron chi connectivity index (χ0n) is 13.9. The zero-order valence-corrected chi connectivity index (χ0v) is 13.9. The van der Waals surface area contributed by atoms with E-state index in [1.165, 1.54) is 6.42 Å². The number of piperidine rings is 1. The van der Waals surface area contributed by atoms with E-state index in [-0.39, 0.29) is 11.9 Å². The third-order valence-electron chi connectivity index (χ3n) is 4.98. The van der Waals surface area contributed by atoms with Gasteiger partial charge in [0, 0.05) is 18.8 Å². The Bertz CT molecular complexity index is 552. The second kappa shape index (κ2) is 6.32. The van der Waals surface area contributed by atoms with Gasteiger partial charge in [0.05, 0.1) is 6.04 Å². The van der Waals surface area contributed by atoms with Crippen molar-refractivity contribution in [1.29, 1.82) is 0 Å². The molecule has 1 atom stereocenters. The minimum absolute atomic E-state index is 0.0688. The first-order valence-electron chi connectivity index (χ1n) is 8.39. The summed E-state index contributed by atoms with van der Waals surface area (Å²) in [6, 6.07) is 2.09. The number of nitrogens with zero attached hydrogens (tertiary/aromatic N) is 4. The highest BCUT2D eigenvalue weighted by atomic mass is 16.2. The van der Waals surface area contributed by atoms with Crippen LogP contribution >= 0.6 is 0 Å². The molecule has 3 heterocycles. The SMILES string of the molecule is Cc1cc(C(=O)N2CCC(C)CC2)nc([C@H]2CCCN2C)n1. The van der Waals surface area contributed by atoms with Crippen LogP contribution in [0, 0.1) is 12.8 Å². The summed E-state index contributed by atoms with van der Waals surface area (Å²) in [5, 5.41) is 0. The Morgan fingerprint density at radius 3 is 2.55 bits per heavy atom. The largest absolute Gasteiger partial charge is 0.337 e. The molecule has 120 valence electrons. The molecule has 0 radical (unpaired) electrons. The Labute approximate surface area is 132 Å². The van der Waals surface area contributed by atoms with Crippen LogP contribution < -0.4 is 0 Å². The molecular formula is C17H26N4O. The predicted molar refractivity (Wildman–Crippen MR) is 85.7 cm³/mol. The third kappa shape index (κ3) is 3.14. The molecule has 22 heavy (non-hydrogen) atoms. The van der Waals surface area contributed by atoms with Crippen LogP contribution in [0.2, 0.25) is 0 Å². The maximum absolute atomic E-state index is 12.7. The molecule has 0 unspecified atom stereocenters. The first-order chi connectivity index (χ1) is 10.5. The summed E-state index contributed by atoms with van der Waals surface area (Å²) in [6.45, 7) is 6.98. The number of aromatic nitrogens is 2. The molecule has 0 spiro atoms. The fourth-order valence-electron chi connectivity index (χ4n) is 3.46. The van der Waals surface area contributed by atoms with E-state index in [0.717, 1.165) is 56.3 Å². The van der Waals surface area contributed by atoms with Crippen LogP contribution in [-0.2, 0) is 0 Å². The van der Waals surface area contributed by atoms with Gasteiger partial charge in [-0.2, -0.15) is 0 Å². The van der Waals surface area contributed by atoms with Crippen molar-refractivity contribution in [2.45, 2.75) is 45.6 Å². The zero-order chi connectivity index (χ0) is 15.7. The molecule has 0 N–H and O–H groups in total. The molecule has 0 aliphatic carbocycles. The highest BCUT2D eigenvalue weighted by Crippen LogP contribution is 2.28. The summed E-state index contributed by atoms with van der Waals surface area (Å²) >= 11 is 0. The van der Waals surface area contributed by atoms with Crippen molar-refractivity contribution in [3.63, 3.8) is 0 Å². The Balaban J connectivity index is 1.81. The quantitative estimate of drug-likeness (QED) is 0.842. The number of hydrogen-bond donors (Lipinski definition) is 0. The molecule has 3 rings (SSSR count). The molecule has 1 aromatic rings. The maximum atomic E-state index is 12.7. The summed E-state index contributed by atoms with van der Waals surface area (Å²) in [5.74, 6) is 1.60. The van der Waals surface area contributed by atoms with E-state index in [0.29, 0.717) is 5.69 Å². The van der Waals surface area contributed by atoms with E-state index in [9.17, 15) is 4.79 Å². The van der Waals surface area contributed by atoms with Crippen LogP contribution in [0.1, 0.15) is 60.7 Å². The molecule has 2 aliphatic heterocycles. The van der Waals surface area contributed by atoms with E-state index in [1.54, 1.807) is 0 Å². The van der Waals surface area contributed by atoms with Crippen LogP contribution in [0.4, 0.5) is 0 Å². The Kier molecular flexibility index (Phi) is 4.43. The number of amides is 1. The van der Waals surface area contributed by atoms with Crippen molar-refractivity contribution in [2.24, 2.45) is 5.92 Å². The van der Waals surface area contributed by atoms with Gasteiger partial charge in [0.25, 0.3) is 5.91 Å². The van der Waals surface area contributed by atoms with E-state index >= 15 is 0 Å². The van der Waals surface area contributed by atoms with Crippen molar-refractivity contribution in [3.8, 4) is 0 Å². The van der Waals surface area contributed by atoms with Crippen molar-refractivity contribution in [2.75, 3.05) is 26.7 Å². The lowest BCUT2D eigenvalue weighted by Gasteiger charge is -2.30. The van der Waals surface area contributed by atoms with Crippen molar-refractivity contribution < 1.29 is 4.79 Å². The van der Waals surface area contributed by atoms with Gasteiger partial charge >= 0.3 is 0 Å². The van der Waals surface area contributed by atoms with E-state index in [2.05, 4.69) is 28.8 Å². The third-order valence-corrected chi connectivity index (χ3v) is 4.98. The van der Waals surface area contributed by atoms with Gasteiger partial charge in [-0.3, -0.25) is 9.69 Å². The summed E-state index contributed by atoms with van der Waals surface area (Å²) in [5.41, 5.74) is 1.45. The maximum Gasteiger partial charge on any atom is 0.272 e. The van der Waals surface area contributed by atoms with Crippen LogP contribution in [0.5, 0.6) is 0 Å². The highest BCUT2D eigenvalue weighted by molar-refractivity contribution is 5.92. The molecule has 5 heteroatoms. The van der Waals surface area contributed by atoms with E-state index < -0.39 is 0 Å². The minimum atomic E-state index is 0.0688. The van der Waals surface area contributed by atoms with Gasteiger partial charge in [0.15, 0.2) is 0 Å². The molecule has 2 fully saturated rings. The molecular weight excluding hydrogens is 276 g/mol. The topological polar surface area (TPSA) is 49.3 Å². The average molecular weight is 302 g/mol. The van der Waals surface area contributed by atoms with Crippen LogP contribution in [0.25, 0.3) is 0 Å². The molecule has 1 aromatic heterocycles. The van der Waals surface area contributed by atoms with Crippen molar-refractivity contribution in [3.05, 3.63) is 23.3 Å². The number of aryl methyl sites for hydroxylation is 1. The predicted octanol–water partition coefficient (Wildman–Crippen LogP) is 2.42. The van der Waals surface area contributed by atoms with E-state index in [1.807, 2.05) is 17.9 Å². The lowest BCUT2D eigenvalue weighted by atomic mass is 9.99. The standard InChI is InChI=1S/C17H26N4O/c1-12-6-9-21(10-7-12)17(22)14-11-13(2)18-16(19-14)15-5-4-8-20(15)3/h11-12,15H,4-10H2,1-3H3/t15-/m1/s1. The molecule has 1 amide bonds. The fraction of sp³-hybridized carbons (Fsp3) is 0.706. The monoisotopic (exact) mass is 302 g/mol. The number of rotatable bonds is 2. The number of carbonyl (C=O) groups excluding carboxylic acids is 1. The number of hydrogen-bond acceptors (Lipinski definition) is 4. The molecule has 0 saturated carbocycles. The lowest BCUT2D eigenvalue weighted by Crippen LogP contribution is -2.38. The first kappa shape index (κ1) is 15.4. The second-order valence-electron chi connectivity index (χ2n) is 6.87. The summed E-state index contributed by atoms with van der Waals surface area (Å²) < 4.78 is 0. The van der Waals surface area contributed by atoms with Gasteiger partial charge in [0.1, 0.15) is 11.5 Å². The van der Waals surface area contributed by atoms with Crippen molar-refractivity contribution in [1.82, 2.24) is 19.8 Å². The summed E-state index contributed by atoms with van der Waals surface area (Å²) in [7, 11) is 2.11. The fourth-order valence-corrected chi connectivity index (χ4v) is 3.46. The Morgan fingerprint density at radius 1 is 1.18 bits per heavy atom. The normalized spacial score (nSPS) is 24.0. The molecule has 0 bridgehead atoms. The van der Waals surface area contributed by atoms with Gasteiger partial charge in [-0.1, -0.05) is 6.92 Å². The van der Waals surface area contributed by atoms with E-state index in [4.69, 9.17) is 0 Å². The minimum Gasteiger partial charge on any atom is -0.337 e. The second-order valence-corrected chi connectivity index (χ2v) is 6.87. The lowest BCUT2D eigenvalue weighted by molar-refractivity contribution is 0.0690. The molecule has 2 saturated heterocycles. The van der Waals surface area contributed by atoms with Gasteiger partial charge in [0.2, 0.25) is 0 Å². The summed E-state index contributed by atoms with van der Waals surface area (Å²) in [4.78, 5) is 26.2. The molecule has 5 nitrogen and oxygen atoms in total. The van der Waals surface area contributed by atoms with Gasteiger partial charge in [-0.15, -0.1) is 0 Å². The van der Waals surface area contributed by atoms with Gasteiger partial charge in [-0.25, -0.2) is 9.97 Å². The molecule has 2 aliphatic rings. The number of carbonyl (C=O) groups is 1. The van der Waals surface area contributed by atoms with Crippen LogP contribution in [0.3, 0.4) is 0 Å². The Hall–Kier alpha value is -1.49. The first-order valence-corrected chi connectivity index (χ1v) is 8.39. The van der Waals surface area contributed by atoms with Crippen molar-refractivity contribution >= 4 is 5.91 Å². The van der Waals surface area contributed by atoms with Gasteiger partial charge < -0.3 is 4.90 Å². The smallest absolute Gasteiger partial charge is 0.272 e. The van der Waals surface area contributed by atoms with Crippen LogP contribution in [-0.4, -0.2) is 52.4 Å².